The van der Waals surface area contributed by atoms with E-state index in [0.29, 0.717) is 39.3 Å². The number of aliphatic hydroxyl groups excluding tert-OH is 1. The summed E-state index contributed by atoms with van der Waals surface area (Å²) in [6, 6.07) is 0. The third-order valence-electron chi connectivity index (χ3n) is 4.17. The minimum atomic E-state index is -3.81. The Bertz CT molecular complexity index is 515. The van der Waals surface area contributed by atoms with Crippen LogP contribution in [-0.4, -0.2) is 113 Å². The number of hydrogen-bond donors (Lipinski definition) is 4. The average Bonchev–Trinajstić information content (AvgIpc) is 2.67. The van der Waals surface area contributed by atoms with E-state index in [1.165, 1.54) is 0 Å². The molecule has 27 heavy (non-hydrogen) atoms. The predicted molar refractivity (Wildman–Crippen MR) is 99.9 cm³/mol. The summed E-state index contributed by atoms with van der Waals surface area (Å²) in [4.78, 5) is 34.1. The molecule has 12 nitrogen and oxygen atoms in total. The van der Waals surface area contributed by atoms with Gasteiger partial charge in [-0.25, -0.2) is 0 Å². The number of rotatable bonds is 9. The Morgan fingerprint density at radius 2 is 1.00 bits per heavy atom. The molecule has 0 aromatic rings. The first-order chi connectivity index (χ1) is 12.4. The second-order valence-electron chi connectivity index (χ2n) is 6.41. The van der Waals surface area contributed by atoms with Crippen LogP contribution < -0.4 is 0 Å². The first-order valence-corrected chi connectivity index (χ1v) is 13.8. The molecular weight excluding hydrogens is 423 g/mol. The second kappa shape index (κ2) is 10.9. The quantitative estimate of drug-likeness (QED) is 0.337. The Morgan fingerprint density at radius 3 is 1.26 bits per heavy atom. The summed E-state index contributed by atoms with van der Waals surface area (Å²) < 4.78 is 44.9. The van der Waals surface area contributed by atoms with Crippen LogP contribution in [0.5, 0.6) is 0 Å². The molecule has 15 heteroatoms. The second-order valence-corrected chi connectivity index (χ2v) is 12.5. The van der Waals surface area contributed by atoms with Crippen molar-refractivity contribution in [2.75, 3.05) is 78.7 Å². The standard InChI is InChI=1S/C12H30N3O9P3/c1-23-26(19,20)10-14-5-3-13(9-25(17,18)12-16)4-6-15(8-7-14)11-27(21,22)24-2/h16H,3-12H2,1-2H3,(H,17,18)(H,19,20)(H,21,22). The highest BCUT2D eigenvalue weighted by Gasteiger charge is 2.29. The lowest BCUT2D eigenvalue weighted by Crippen LogP contribution is -2.37. The number of nitrogens with zero attached hydrogens (tertiary/aromatic N) is 3. The lowest BCUT2D eigenvalue weighted by molar-refractivity contribution is 0.220. The molecule has 0 aromatic heterocycles. The fourth-order valence-corrected chi connectivity index (χ4v) is 5.39. The molecule has 1 fully saturated rings. The van der Waals surface area contributed by atoms with Gasteiger partial charge in [-0.1, -0.05) is 0 Å². The molecular formula is C12H30N3O9P3. The van der Waals surface area contributed by atoms with Gasteiger partial charge in [0.2, 0.25) is 7.37 Å². The zero-order valence-corrected chi connectivity index (χ0v) is 18.3. The summed E-state index contributed by atoms with van der Waals surface area (Å²) in [6.07, 6.45) is -1.55. The van der Waals surface area contributed by atoms with Crippen molar-refractivity contribution in [3.05, 3.63) is 0 Å². The van der Waals surface area contributed by atoms with Crippen molar-refractivity contribution in [3.63, 3.8) is 0 Å². The van der Waals surface area contributed by atoms with Gasteiger partial charge in [0.1, 0.15) is 18.9 Å². The fourth-order valence-electron chi connectivity index (χ4n) is 2.59. The molecule has 1 aliphatic rings. The first kappa shape index (κ1) is 25.4. The van der Waals surface area contributed by atoms with E-state index >= 15 is 0 Å². The maximum Gasteiger partial charge on any atom is 0.341 e. The van der Waals surface area contributed by atoms with Crippen LogP contribution in [0.15, 0.2) is 0 Å². The van der Waals surface area contributed by atoms with Gasteiger partial charge < -0.3 is 28.8 Å². The monoisotopic (exact) mass is 453 g/mol. The summed E-state index contributed by atoms with van der Waals surface area (Å²) in [5.74, 6) is 0. The van der Waals surface area contributed by atoms with E-state index in [0.717, 1.165) is 14.2 Å². The van der Waals surface area contributed by atoms with Crippen LogP contribution in [0.4, 0.5) is 0 Å². The molecule has 0 bridgehead atoms. The molecule has 4 N–H and O–H groups in total. The average molecular weight is 453 g/mol. The van der Waals surface area contributed by atoms with Gasteiger partial charge in [-0.2, -0.15) is 0 Å². The lowest BCUT2D eigenvalue weighted by Gasteiger charge is -2.27. The molecule has 0 aliphatic carbocycles. The molecule has 162 valence electrons. The zero-order chi connectivity index (χ0) is 20.7. The summed E-state index contributed by atoms with van der Waals surface area (Å²) in [5.41, 5.74) is 0. The molecule has 0 amide bonds. The van der Waals surface area contributed by atoms with Crippen molar-refractivity contribution in [1.29, 1.82) is 0 Å². The molecule has 3 atom stereocenters. The third-order valence-corrected chi connectivity index (χ3v) is 8.11. The van der Waals surface area contributed by atoms with Crippen LogP contribution in [0.1, 0.15) is 0 Å². The van der Waals surface area contributed by atoms with Crippen LogP contribution in [0.3, 0.4) is 0 Å². The molecule has 1 heterocycles. The minimum absolute atomic E-state index is 0.233. The highest BCUT2D eigenvalue weighted by Crippen LogP contribution is 2.43. The normalized spacial score (nSPS) is 25.6. The van der Waals surface area contributed by atoms with E-state index in [2.05, 4.69) is 9.05 Å². The third kappa shape index (κ3) is 10.1. The maximum atomic E-state index is 11.9. The zero-order valence-electron chi connectivity index (χ0n) is 15.6. The van der Waals surface area contributed by atoms with E-state index in [1.54, 1.807) is 14.7 Å². The number of hydrogen-bond acceptors (Lipinski definition) is 9. The Hall–Kier alpha value is 0.330. The largest absolute Gasteiger partial charge is 0.386 e. The van der Waals surface area contributed by atoms with Gasteiger partial charge >= 0.3 is 15.2 Å². The van der Waals surface area contributed by atoms with Gasteiger partial charge in [0.25, 0.3) is 0 Å². The summed E-state index contributed by atoms with van der Waals surface area (Å²) in [5, 5.41) is 9.05. The van der Waals surface area contributed by atoms with Gasteiger partial charge in [-0.3, -0.25) is 28.4 Å². The van der Waals surface area contributed by atoms with Crippen LogP contribution in [-0.2, 0) is 22.7 Å². The Kier molecular flexibility index (Phi) is 10.3. The molecule has 1 aliphatic heterocycles. The molecule has 0 aromatic carbocycles. The van der Waals surface area contributed by atoms with Crippen molar-refractivity contribution >= 4 is 22.6 Å². The van der Waals surface area contributed by atoms with E-state index in [4.69, 9.17) is 5.11 Å². The Labute approximate surface area is 159 Å². The Balaban J connectivity index is 2.91. The van der Waals surface area contributed by atoms with Crippen molar-refractivity contribution < 1.29 is 42.5 Å². The van der Waals surface area contributed by atoms with Crippen LogP contribution >= 0.6 is 22.6 Å². The van der Waals surface area contributed by atoms with E-state index in [9.17, 15) is 28.4 Å². The molecule has 1 saturated heterocycles. The van der Waals surface area contributed by atoms with Crippen molar-refractivity contribution in [3.8, 4) is 0 Å². The maximum absolute atomic E-state index is 11.9. The summed E-state index contributed by atoms with van der Waals surface area (Å²) >= 11 is 0. The topological polar surface area (TPSA) is 160 Å². The summed E-state index contributed by atoms with van der Waals surface area (Å²) in [6.45, 7) is 1.97. The molecule has 1 rings (SSSR count). The predicted octanol–water partition coefficient (Wildman–Crippen LogP) is -0.338. The van der Waals surface area contributed by atoms with Gasteiger partial charge in [0.05, 0.1) is 6.29 Å². The number of aliphatic hydroxyl groups is 1. The van der Waals surface area contributed by atoms with Crippen LogP contribution in [0, 0.1) is 0 Å². The van der Waals surface area contributed by atoms with Crippen molar-refractivity contribution in [1.82, 2.24) is 14.7 Å². The van der Waals surface area contributed by atoms with Gasteiger partial charge in [0, 0.05) is 53.5 Å². The van der Waals surface area contributed by atoms with Crippen molar-refractivity contribution in [2.45, 2.75) is 0 Å². The molecule has 0 spiro atoms. The SMILES string of the molecule is COP(=O)(O)CN1CCN(CP(=O)(O)CO)CCN(CP(=O)(O)OC)CC1. The first-order valence-electron chi connectivity index (χ1n) is 8.26. The smallest absolute Gasteiger partial charge is 0.341 e. The molecule has 0 radical (unpaired) electrons. The van der Waals surface area contributed by atoms with Crippen LogP contribution in [0.2, 0.25) is 0 Å². The van der Waals surface area contributed by atoms with Gasteiger partial charge in [-0.15, -0.1) is 0 Å². The van der Waals surface area contributed by atoms with Crippen molar-refractivity contribution in [2.24, 2.45) is 0 Å². The Morgan fingerprint density at radius 1 is 0.704 bits per heavy atom. The van der Waals surface area contributed by atoms with Crippen LogP contribution in [0.25, 0.3) is 0 Å². The van der Waals surface area contributed by atoms with E-state index < -0.39 is 28.9 Å². The van der Waals surface area contributed by atoms with E-state index in [-0.39, 0.29) is 18.9 Å². The molecule has 0 saturated carbocycles. The van der Waals surface area contributed by atoms with E-state index in [1.807, 2.05) is 0 Å². The lowest BCUT2D eigenvalue weighted by atomic mass is 10.5. The minimum Gasteiger partial charge on any atom is -0.386 e. The summed E-state index contributed by atoms with van der Waals surface area (Å²) in [7, 11) is -9.07. The highest BCUT2D eigenvalue weighted by molar-refractivity contribution is 7.57. The molecule has 3 unspecified atom stereocenters. The van der Waals surface area contributed by atoms with Gasteiger partial charge in [-0.05, 0) is 0 Å². The highest BCUT2D eigenvalue weighted by atomic mass is 31.2. The fraction of sp³-hybridized carbons (Fsp3) is 1.00. The van der Waals surface area contributed by atoms with Gasteiger partial charge in [0.15, 0.2) is 0 Å².